The summed E-state index contributed by atoms with van der Waals surface area (Å²) in [6.45, 7) is 10.6. The molecule has 0 radical (unpaired) electrons. The molecule has 0 spiro atoms. The minimum atomic E-state index is 0.603. The summed E-state index contributed by atoms with van der Waals surface area (Å²) < 4.78 is 2.30. The fourth-order valence-electron chi connectivity index (χ4n) is 3.02. The molecule has 0 unspecified atom stereocenters. The predicted molar refractivity (Wildman–Crippen MR) is 89.9 cm³/mol. The normalized spacial score (nSPS) is 16.7. The van der Waals surface area contributed by atoms with Crippen molar-refractivity contribution in [1.82, 2.24) is 19.4 Å². The maximum absolute atomic E-state index is 6.10. The highest BCUT2D eigenvalue weighted by Gasteiger charge is 2.17. The summed E-state index contributed by atoms with van der Waals surface area (Å²) in [5.41, 5.74) is 9.55. The van der Waals surface area contributed by atoms with Gasteiger partial charge in [0, 0.05) is 43.4 Å². The minimum absolute atomic E-state index is 0.603. The van der Waals surface area contributed by atoms with Crippen LogP contribution in [0.15, 0.2) is 0 Å². The van der Waals surface area contributed by atoms with E-state index in [1.165, 1.54) is 35.9 Å². The first-order valence-corrected chi connectivity index (χ1v) is 8.63. The minimum Gasteiger partial charge on any atom is -0.383 e. The summed E-state index contributed by atoms with van der Waals surface area (Å²) in [6.07, 6.45) is 0. The molecule has 1 aliphatic heterocycles. The van der Waals surface area contributed by atoms with E-state index in [1.807, 2.05) is 18.7 Å². The number of nitrogens with zero attached hydrogens (tertiary/aromatic N) is 4. The molecule has 0 amide bonds. The summed E-state index contributed by atoms with van der Waals surface area (Å²) in [4.78, 5) is 11.5. The van der Waals surface area contributed by atoms with E-state index in [0.29, 0.717) is 5.82 Å². The molecule has 114 valence electrons. The molecule has 1 aliphatic rings. The van der Waals surface area contributed by atoms with E-state index in [9.17, 15) is 0 Å². The molecule has 3 rings (SSSR count). The Bertz CT molecular complexity index is 658. The standard InChI is InChI=1S/C15H23N5S/c1-10-11(2)20(5-4-19-6-8-21-9-7-19)15-13(10)14(16)17-12(3)18-15/h4-9H2,1-3H3,(H2,16,17,18). The van der Waals surface area contributed by atoms with Crippen LogP contribution in [0.1, 0.15) is 17.1 Å². The smallest absolute Gasteiger partial charge is 0.146 e. The quantitative estimate of drug-likeness (QED) is 0.939. The molecule has 2 aromatic rings. The van der Waals surface area contributed by atoms with Gasteiger partial charge in [0.1, 0.15) is 17.3 Å². The Morgan fingerprint density at radius 1 is 1.10 bits per heavy atom. The lowest BCUT2D eigenvalue weighted by Crippen LogP contribution is -2.35. The van der Waals surface area contributed by atoms with Crippen molar-refractivity contribution in [3.8, 4) is 0 Å². The molecule has 0 atom stereocenters. The molecule has 2 aromatic heterocycles. The SMILES string of the molecule is Cc1nc(N)c2c(C)c(C)n(CCN3CCSCC3)c2n1. The van der Waals surface area contributed by atoms with Crippen LogP contribution in [0.25, 0.3) is 11.0 Å². The second-order valence-corrected chi connectivity index (χ2v) is 6.90. The summed E-state index contributed by atoms with van der Waals surface area (Å²) in [5.74, 6) is 3.84. The summed E-state index contributed by atoms with van der Waals surface area (Å²) in [7, 11) is 0. The zero-order valence-electron chi connectivity index (χ0n) is 13.0. The first-order chi connectivity index (χ1) is 10.1. The second kappa shape index (κ2) is 5.85. The molecule has 0 aromatic carbocycles. The Kier molecular flexibility index (Phi) is 4.08. The van der Waals surface area contributed by atoms with Gasteiger partial charge in [-0.2, -0.15) is 11.8 Å². The van der Waals surface area contributed by atoms with E-state index in [2.05, 4.69) is 33.3 Å². The number of aromatic nitrogens is 3. The van der Waals surface area contributed by atoms with Gasteiger partial charge in [-0.3, -0.25) is 4.90 Å². The molecule has 3 heterocycles. The summed E-state index contributed by atoms with van der Waals surface area (Å²) >= 11 is 2.05. The molecule has 1 saturated heterocycles. The number of nitrogens with two attached hydrogens (primary N) is 1. The Balaban J connectivity index is 1.92. The number of aryl methyl sites for hydroxylation is 2. The number of fused-ring (bicyclic) bond motifs is 1. The fraction of sp³-hybridized carbons (Fsp3) is 0.600. The number of hydrogen-bond acceptors (Lipinski definition) is 5. The van der Waals surface area contributed by atoms with E-state index in [1.54, 1.807) is 0 Å². The number of nitrogen functional groups attached to an aromatic ring is 1. The zero-order valence-corrected chi connectivity index (χ0v) is 13.8. The van der Waals surface area contributed by atoms with Crippen LogP contribution in [0.2, 0.25) is 0 Å². The molecule has 5 nitrogen and oxygen atoms in total. The Hall–Kier alpha value is -1.27. The van der Waals surface area contributed by atoms with Crippen molar-refractivity contribution in [1.29, 1.82) is 0 Å². The van der Waals surface area contributed by atoms with Gasteiger partial charge in [0.05, 0.1) is 5.39 Å². The predicted octanol–water partition coefficient (Wildman–Crippen LogP) is 1.99. The molecular formula is C15H23N5S. The van der Waals surface area contributed by atoms with Gasteiger partial charge in [-0.1, -0.05) is 0 Å². The van der Waals surface area contributed by atoms with Crippen LogP contribution in [-0.2, 0) is 6.54 Å². The maximum atomic E-state index is 6.10. The van der Waals surface area contributed by atoms with Crippen molar-refractivity contribution in [3.05, 3.63) is 17.1 Å². The van der Waals surface area contributed by atoms with Gasteiger partial charge in [-0.25, -0.2) is 9.97 Å². The van der Waals surface area contributed by atoms with Crippen molar-refractivity contribution in [2.24, 2.45) is 0 Å². The van der Waals surface area contributed by atoms with Crippen LogP contribution in [0.5, 0.6) is 0 Å². The van der Waals surface area contributed by atoms with Crippen molar-refractivity contribution in [3.63, 3.8) is 0 Å². The monoisotopic (exact) mass is 305 g/mol. The Labute approximate surface area is 129 Å². The third-order valence-corrected chi connectivity index (χ3v) is 5.29. The van der Waals surface area contributed by atoms with Crippen LogP contribution in [0, 0.1) is 20.8 Å². The third-order valence-electron chi connectivity index (χ3n) is 4.35. The molecule has 6 heteroatoms. The number of anilines is 1. The van der Waals surface area contributed by atoms with Gasteiger partial charge in [0.15, 0.2) is 0 Å². The van der Waals surface area contributed by atoms with Gasteiger partial charge < -0.3 is 10.3 Å². The summed E-state index contributed by atoms with van der Waals surface area (Å²) in [5, 5.41) is 1.02. The topological polar surface area (TPSA) is 60.0 Å². The Morgan fingerprint density at radius 3 is 2.52 bits per heavy atom. The number of thioether (sulfide) groups is 1. The average molecular weight is 305 g/mol. The van der Waals surface area contributed by atoms with Crippen LogP contribution in [-0.4, -0.2) is 50.6 Å². The largest absolute Gasteiger partial charge is 0.383 e. The molecule has 1 fully saturated rings. The molecular weight excluding hydrogens is 282 g/mol. The van der Waals surface area contributed by atoms with Gasteiger partial charge in [-0.05, 0) is 26.3 Å². The average Bonchev–Trinajstić information content (AvgIpc) is 2.70. The third kappa shape index (κ3) is 2.74. The fourth-order valence-corrected chi connectivity index (χ4v) is 3.99. The molecule has 21 heavy (non-hydrogen) atoms. The first-order valence-electron chi connectivity index (χ1n) is 7.47. The highest BCUT2D eigenvalue weighted by molar-refractivity contribution is 7.99. The van der Waals surface area contributed by atoms with Crippen LogP contribution >= 0.6 is 11.8 Å². The van der Waals surface area contributed by atoms with Gasteiger partial charge in [0.2, 0.25) is 0 Å². The van der Waals surface area contributed by atoms with Crippen molar-refractivity contribution in [2.75, 3.05) is 36.9 Å². The van der Waals surface area contributed by atoms with E-state index < -0.39 is 0 Å². The van der Waals surface area contributed by atoms with E-state index in [0.717, 1.165) is 29.9 Å². The second-order valence-electron chi connectivity index (χ2n) is 5.67. The zero-order chi connectivity index (χ0) is 15.0. The van der Waals surface area contributed by atoms with Crippen LogP contribution < -0.4 is 5.73 Å². The molecule has 0 bridgehead atoms. The lowest BCUT2D eigenvalue weighted by atomic mass is 10.2. The van der Waals surface area contributed by atoms with E-state index in [4.69, 9.17) is 5.73 Å². The van der Waals surface area contributed by atoms with Crippen molar-refractivity contribution < 1.29 is 0 Å². The van der Waals surface area contributed by atoms with E-state index >= 15 is 0 Å². The van der Waals surface area contributed by atoms with Gasteiger partial charge in [0.25, 0.3) is 0 Å². The van der Waals surface area contributed by atoms with Crippen molar-refractivity contribution >= 4 is 28.6 Å². The lowest BCUT2D eigenvalue weighted by molar-refractivity contribution is 0.290. The van der Waals surface area contributed by atoms with Crippen LogP contribution in [0.3, 0.4) is 0 Å². The van der Waals surface area contributed by atoms with Gasteiger partial charge >= 0.3 is 0 Å². The highest BCUT2D eigenvalue weighted by atomic mass is 32.2. The van der Waals surface area contributed by atoms with Crippen LogP contribution in [0.4, 0.5) is 5.82 Å². The lowest BCUT2D eigenvalue weighted by Gasteiger charge is -2.26. The highest BCUT2D eigenvalue weighted by Crippen LogP contribution is 2.27. The number of hydrogen-bond donors (Lipinski definition) is 1. The maximum Gasteiger partial charge on any atom is 0.146 e. The van der Waals surface area contributed by atoms with Gasteiger partial charge in [-0.15, -0.1) is 0 Å². The first kappa shape index (κ1) is 14.7. The molecule has 0 aliphatic carbocycles. The molecule has 0 saturated carbocycles. The summed E-state index contributed by atoms with van der Waals surface area (Å²) in [6, 6.07) is 0. The van der Waals surface area contributed by atoms with Crippen molar-refractivity contribution in [2.45, 2.75) is 27.3 Å². The van der Waals surface area contributed by atoms with E-state index in [-0.39, 0.29) is 0 Å². The number of rotatable bonds is 3. The molecule has 2 N–H and O–H groups in total. The Morgan fingerprint density at radius 2 is 1.81 bits per heavy atom.